The van der Waals surface area contributed by atoms with Crippen molar-refractivity contribution in [2.24, 2.45) is 0 Å². The van der Waals surface area contributed by atoms with Crippen LogP contribution < -0.4 is 0 Å². The molecule has 2 heteroatoms. The number of hydrogen-bond acceptors (Lipinski definition) is 2. The maximum absolute atomic E-state index is 11.2. The van der Waals surface area contributed by atoms with Crippen molar-refractivity contribution in [3.63, 3.8) is 0 Å². The fourth-order valence-electron chi connectivity index (χ4n) is 1.41. The van der Waals surface area contributed by atoms with E-state index in [4.69, 9.17) is 4.42 Å². The lowest BCUT2D eigenvalue weighted by Gasteiger charge is -1.98. The van der Waals surface area contributed by atoms with Gasteiger partial charge in [-0.05, 0) is 12.5 Å². The molecule has 0 aliphatic heterocycles. The summed E-state index contributed by atoms with van der Waals surface area (Å²) in [6.07, 6.45) is 3.09. The van der Waals surface area contributed by atoms with Crippen LogP contribution >= 0.6 is 0 Å². The molecule has 1 heterocycles. The van der Waals surface area contributed by atoms with Crippen LogP contribution in [-0.2, 0) is 0 Å². The minimum absolute atomic E-state index is 0.0256. The average Bonchev–Trinajstić information content (AvgIpc) is 2.67. The quantitative estimate of drug-likeness (QED) is 0.674. The normalized spacial score (nSPS) is 10.1. The van der Waals surface area contributed by atoms with E-state index in [9.17, 15) is 4.79 Å². The third kappa shape index (κ3) is 1.46. The van der Waals surface area contributed by atoms with E-state index in [-0.39, 0.29) is 5.78 Å². The fourth-order valence-corrected chi connectivity index (χ4v) is 1.41. The van der Waals surface area contributed by atoms with Gasteiger partial charge < -0.3 is 4.42 Å². The summed E-state index contributed by atoms with van der Waals surface area (Å²) in [7, 11) is 0. The van der Waals surface area contributed by atoms with Crippen LogP contribution in [0.1, 0.15) is 17.3 Å². The molecule has 2 rings (SSSR count). The Morgan fingerprint density at radius 1 is 1.14 bits per heavy atom. The predicted octanol–water partition coefficient (Wildman–Crippen LogP) is 3.15. The van der Waals surface area contributed by atoms with Crippen LogP contribution in [0.2, 0.25) is 0 Å². The smallest absolute Gasteiger partial charge is 0.163 e. The van der Waals surface area contributed by atoms with E-state index in [0.717, 1.165) is 11.1 Å². The van der Waals surface area contributed by atoms with E-state index in [0.29, 0.717) is 5.56 Å². The Balaban J connectivity index is 2.52. The molecule has 1 aromatic heterocycles. The monoisotopic (exact) mass is 186 g/mol. The first-order chi connectivity index (χ1) is 6.79. The molecule has 70 valence electrons. The summed E-state index contributed by atoms with van der Waals surface area (Å²) < 4.78 is 5.04. The Morgan fingerprint density at radius 3 is 2.50 bits per heavy atom. The van der Waals surface area contributed by atoms with Crippen molar-refractivity contribution < 1.29 is 9.21 Å². The Kier molecular flexibility index (Phi) is 2.19. The zero-order valence-electron chi connectivity index (χ0n) is 7.86. The number of hydrogen-bond donors (Lipinski definition) is 0. The van der Waals surface area contributed by atoms with Crippen LogP contribution in [0, 0.1) is 0 Å². The lowest BCUT2D eigenvalue weighted by Crippen LogP contribution is -1.91. The molecule has 0 bridgehead atoms. The van der Waals surface area contributed by atoms with Crippen molar-refractivity contribution in [3.05, 3.63) is 48.4 Å². The first kappa shape index (κ1) is 8.75. The molecule has 1 aromatic carbocycles. The zero-order chi connectivity index (χ0) is 9.97. The van der Waals surface area contributed by atoms with E-state index in [1.165, 1.54) is 13.2 Å². The van der Waals surface area contributed by atoms with Gasteiger partial charge in [0.25, 0.3) is 0 Å². The Bertz CT molecular complexity index is 440. The molecule has 2 aromatic rings. The van der Waals surface area contributed by atoms with Crippen molar-refractivity contribution in [1.82, 2.24) is 0 Å². The highest BCUT2D eigenvalue weighted by Crippen LogP contribution is 2.24. The molecule has 0 spiro atoms. The molecule has 0 aliphatic rings. The second kappa shape index (κ2) is 3.50. The van der Waals surface area contributed by atoms with Gasteiger partial charge in [0.1, 0.15) is 6.26 Å². The van der Waals surface area contributed by atoms with Gasteiger partial charge in [-0.1, -0.05) is 30.3 Å². The molecule has 0 radical (unpaired) electrons. The van der Waals surface area contributed by atoms with E-state index in [1.54, 1.807) is 6.26 Å². The van der Waals surface area contributed by atoms with Gasteiger partial charge in [0.05, 0.1) is 11.8 Å². The van der Waals surface area contributed by atoms with Crippen molar-refractivity contribution in [3.8, 4) is 11.1 Å². The lowest BCUT2D eigenvalue weighted by atomic mass is 10.0. The molecule has 0 saturated carbocycles. The van der Waals surface area contributed by atoms with Crippen LogP contribution in [0.25, 0.3) is 11.1 Å². The maximum Gasteiger partial charge on any atom is 0.163 e. The number of carbonyl (C=O) groups excluding carboxylic acids is 1. The number of ketones is 1. The van der Waals surface area contributed by atoms with E-state index in [2.05, 4.69) is 0 Å². The highest BCUT2D eigenvalue weighted by Gasteiger charge is 2.10. The zero-order valence-corrected chi connectivity index (χ0v) is 7.86. The third-order valence-corrected chi connectivity index (χ3v) is 2.13. The van der Waals surface area contributed by atoms with Crippen LogP contribution in [0.3, 0.4) is 0 Å². The van der Waals surface area contributed by atoms with E-state index >= 15 is 0 Å². The second-order valence-electron chi connectivity index (χ2n) is 3.12. The predicted molar refractivity (Wildman–Crippen MR) is 54.1 cm³/mol. The topological polar surface area (TPSA) is 30.2 Å². The molecule has 0 saturated heterocycles. The van der Waals surface area contributed by atoms with Crippen LogP contribution in [0.15, 0.2) is 47.3 Å². The minimum Gasteiger partial charge on any atom is -0.471 e. The van der Waals surface area contributed by atoms with Gasteiger partial charge in [0.15, 0.2) is 5.78 Å². The van der Waals surface area contributed by atoms with E-state index < -0.39 is 0 Å². The average molecular weight is 186 g/mol. The largest absolute Gasteiger partial charge is 0.471 e. The number of rotatable bonds is 2. The molecule has 2 nitrogen and oxygen atoms in total. The number of benzene rings is 1. The minimum atomic E-state index is 0.0256. The van der Waals surface area contributed by atoms with Crippen molar-refractivity contribution in [2.75, 3.05) is 0 Å². The van der Waals surface area contributed by atoms with Crippen molar-refractivity contribution >= 4 is 5.78 Å². The fraction of sp³-hybridized carbons (Fsp3) is 0.0833. The SMILES string of the molecule is CC(=O)c1cocc1-c1ccccc1. The molecule has 14 heavy (non-hydrogen) atoms. The van der Waals surface area contributed by atoms with Gasteiger partial charge in [0.2, 0.25) is 0 Å². The first-order valence-electron chi connectivity index (χ1n) is 4.41. The maximum atomic E-state index is 11.2. The van der Waals surface area contributed by atoms with Gasteiger partial charge in [0, 0.05) is 5.56 Å². The molecular weight excluding hydrogens is 176 g/mol. The summed E-state index contributed by atoms with van der Waals surface area (Å²) in [5, 5.41) is 0. The highest BCUT2D eigenvalue weighted by molar-refractivity contribution is 6.00. The summed E-state index contributed by atoms with van der Waals surface area (Å²) in [5.41, 5.74) is 2.50. The Labute approximate surface area is 82.2 Å². The molecule has 0 aliphatic carbocycles. The molecule has 0 unspecified atom stereocenters. The summed E-state index contributed by atoms with van der Waals surface area (Å²) in [5.74, 6) is 0.0256. The van der Waals surface area contributed by atoms with Gasteiger partial charge in [-0.25, -0.2) is 0 Å². The molecule has 0 fully saturated rings. The van der Waals surface area contributed by atoms with Crippen molar-refractivity contribution in [2.45, 2.75) is 6.92 Å². The summed E-state index contributed by atoms with van der Waals surface area (Å²) in [6, 6.07) is 9.73. The molecule has 0 amide bonds. The standard InChI is InChI=1S/C12H10O2/c1-9(13)11-7-14-8-12(11)10-5-3-2-4-6-10/h2-8H,1H3. The summed E-state index contributed by atoms with van der Waals surface area (Å²) in [4.78, 5) is 11.2. The van der Waals surface area contributed by atoms with Gasteiger partial charge in [-0.2, -0.15) is 0 Å². The van der Waals surface area contributed by atoms with Gasteiger partial charge in [-0.3, -0.25) is 4.79 Å². The summed E-state index contributed by atoms with van der Waals surface area (Å²) >= 11 is 0. The molecule has 0 N–H and O–H groups in total. The molecular formula is C12H10O2. The van der Waals surface area contributed by atoms with Crippen molar-refractivity contribution in [1.29, 1.82) is 0 Å². The number of furan rings is 1. The second-order valence-corrected chi connectivity index (χ2v) is 3.12. The van der Waals surface area contributed by atoms with Crippen LogP contribution in [-0.4, -0.2) is 5.78 Å². The summed E-state index contributed by atoms with van der Waals surface area (Å²) in [6.45, 7) is 1.54. The number of Topliss-reactive ketones (excluding diaryl/α,β-unsaturated/α-hetero) is 1. The number of carbonyl (C=O) groups is 1. The Morgan fingerprint density at radius 2 is 1.86 bits per heavy atom. The van der Waals surface area contributed by atoms with Gasteiger partial charge in [-0.15, -0.1) is 0 Å². The van der Waals surface area contributed by atoms with Crippen LogP contribution in [0.4, 0.5) is 0 Å². The van der Waals surface area contributed by atoms with Crippen LogP contribution in [0.5, 0.6) is 0 Å². The van der Waals surface area contributed by atoms with E-state index in [1.807, 2.05) is 30.3 Å². The third-order valence-electron chi connectivity index (χ3n) is 2.13. The highest BCUT2D eigenvalue weighted by atomic mass is 16.3. The first-order valence-corrected chi connectivity index (χ1v) is 4.41. The molecule has 0 atom stereocenters. The van der Waals surface area contributed by atoms with Gasteiger partial charge >= 0.3 is 0 Å². The Hall–Kier alpha value is -1.83. The lowest BCUT2D eigenvalue weighted by molar-refractivity contribution is 0.101.